The number of rotatable bonds is 20. The molecule has 5 heteroatoms. The normalized spacial score (nSPS) is 14.1. The van der Waals surface area contributed by atoms with Gasteiger partial charge in [-0.05, 0) is 33.9 Å². The van der Waals surface area contributed by atoms with E-state index in [2.05, 4.69) is 6.92 Å². The number of phenolic OH excluding ortho intramolecular Hbond substituents is 1. The van der Waals surface area contributed by atoms with Crippen molar-refractivity contribution >= 4 is 7.60 Å². The Labute approximate surface area is 235 Å². The average molecular weight is 553 g/mol. The molecule has 0 radical (unpaired) electrons. The largest absolute Gasteiger partial charge is 0.507 e. The van der Waals surface area contributed by atoms with Crippen molar-refractivity contribution in [2.75, 3.05) is 6.61 Å². The van der Waals surface area contributed by atoms with E-state index < -0.39 is 7.60 Å². The van der Waals surface area contributed by atoms with Crippen molar-refractivity contribution < 1.29 is 19.1 Å². The second kappa shape index (κ2) is 17.8. The van der Waals surface area contributed by atoms with Gasteiger partial charge in [0.15, 0.2) is 0 Å². The molecule has 0 amide bonds. The van der Waals surface area contributed by atoms with Crippen molar-refractivity contribution in [2.45, 2.75) is 168 Å². The van der Waals surface area contributed by atoms with Gasteiger partial charge in [0.1, 0.15) is 5.75 Å². The van der Waals surface area contributed by atoms with E-state index in [4.69, 9.17) is 4.52 Å². The summed E-state index contributed by atoms with van der Waals surface area (Å²) in [6, 6.07) is 3.73. The highest BCUT2D eigenvalue weighted by Gasteiger charge is 2.29. The van der Waals surface area contributed by atoms with Crippen LogP contribution in [0.1, 0.15) is 168 Å². The predicted octanol–water partition coefficient (Wildman–Crippen LogP) is 11.0. The number of hydrogen-bond acceptors (Lipinski definition) is 3. The minimum Gasteiger partial charge on any atom is -0.507 e. The molecule has 0 saturated carbocycles. The second-order valence-corrected chi connectivity index (χ2v) is 15.3. The van der Waals surface area contributed by atoms with Crippen molar-refractivity contribution in [2.24, 2.45) is 0 Å². The van der Waals surface area contributed by atoms with Gasteiger partial charge in [-0.15, -0.1) is 0 Å². The molecule has 0 bridgehead atoms. The Kier molecular flexibility index (Phi) is 16.5. The smallest absolute Gasteiger partial charge is 0.332 e. The summed E-state index contributed by atoms with van der Waals surface area (Å²) in [6.07, 6.45) is 20.8. The molecule has 0 fully saturated rings. The summed E-state index contributed by atoms with van der Waals surface area (Å²) in [4.78, 5) is 10.5. The van der Waals surface area contributed by atoms with Crippen LogP contribution in [0.2, 0.25) is 0 Å². The number of aromatic hydroxyl groups is 1. The third-order valence-corrected chi connectivity index (χ3v) is 8.81. The lowest BCUT2D eigenvalue weighted by Gasteiger charge is -2.28. The zero-order chi connectivity index (χ0) is 28.7. The van der Waals surface area contributed by atoms with Gasteiger partial charge in [0, 0.05) is 0 Å². The van der Waals surface area contributed by atoms with Crippen LogP contribution in [-0.2, 0) is 26.1 Å². The fraction of sp³-hybridized carbons (Fsp3) is 0.818. The summed E-state index contributed by atoms with van der Waals surface area (Å²) in [5.41, 5.74) is 1.81. The summed E-state index contributed by atoms with van der Waals surface area (Å²) >= 11 is 0. The SMILES string of the molecule is CCCCCCCCCCCCCCCCCCOP(=O)(O)Cc1cc(C(C)(C)C)c(O)c(C(C)(C)C)c1. The van der Waals surface area contributed by atoms with Crippen molar-refractivity contribution in [1.82, 2.24) is 0 Å². The van der Waals surface area contributed by atoms with Gasteiger partial charge in [0.2, 0.25) is 0 Å². The maximum Gasteiger partial charge on any atom is 0.332 e. The lowest BCUT2D eigenvalue weighted by molar-refractivity contribution is 0.251. The Bertz CT molecular complexity index is 784. The highest BCUT2D eigenvalue weighted by Crippen LogP contribution is 2.48. The highest BCUT2D eigenvalue weighted by molar-refractivity contribution is 7.51. The van der Waals surface area contributed by atoms with Crippen LogP contribution in [0.25, 0.3) is 0 Å². The van der Waals surface area contributed by atoms with E-state index in [0.717, 1.165) is 29.5 Å². The predicted molar refractivity (Wildman–Crippen MR) is 165 cm³/mol. The number of unbranched alkanes of at least 4 members (excludes halogenated alkanes) is 15. The molecule has 1 rings (SSSR count). The van der Waals surface area contributed by atoms with Gasteiger partial charge in [-0.25, -0.2) is 0 Å². The Morgan fingerprint density at radius 1 is 0.658 bits per heavy atom. The standard InChI is InChI=1S/C33H61O4P/c1-8-9-10-11-12-13-14-15-16-17-18-19-20-21-22-23-24-37-38(35,36)27-28-25-29(32(2,3)4)31(34)30(26-28)33(5,6)7/h25-26,34H,8-24,27H2,1-7H3,(H,35,36). The molecule has 4 nitrogen and oxygen atoms in total. The van der Waals surface area contributed by atoms with Crippen molar-refractivity contribution in [3.8, 4) is 5.75 Å². The Morgan fingerprint density at radius 3 is 1.34 bits per heavy atom. The van der Waals surface area contributed by atoms with Gasteiger partial charge in [-0.3, -0.25) is 4.57 Å². The molecule has 1 aromatic rings. The van der Waals surface area contributed by atoms with Gasteiger partial charge in [0.05, 0.1) is 12.8 Å². The van der Waals surface area contributed by atoms with Gasteiger partial charge in [-0.2, -0.15) is 0 Å². The first-order valence-corrected chi connectivity index (χ1v) is 17.4. The van der Waals surface area contributed by atoms with Crippen molar-refractivity contribution in [3.63, 3.8) is 0 Å². The molecular formula is C33H61O4P. The number of benzene rings is 1. The molecule has 1 unspecified atom stereocenters. The fourth-order valence-corrected chi connectivity index (χ4v) is 6.21. The minimum atomic E-state index is -3.75. The van der Waals surface area contributed by atoms with Crippen LogP contribution in [0.5, 0.6) is 5.75 Å². The van der Waals surface area contributed by atoms with Gasteiger partial charge < -0.3 is 14.5 Å². The maximum atomic E-state index is 12.8. The first-order chi connectivity index (χ1) is 17.8. The highest BCUT2D eigenvalue weighted by atomic mass is 31.2. The fourth-order valence-electron chi connectivity index (χ4n) is 5.06. The van der Waals surface area contributed by atoms with Gasteiger partial charge >= 0.3 is 7.60 Å². The average Bonchev–Trinajstić information content (AvgIpc) is 2.80. The van der Waals surface area contributed by atoms with E-state index in [0.29, 0.717) is 6.61 Å². The molecule has 0 aliphatic rings. The molecule has 0 aromatic heterocycles. The Hall–Kier alpha value is -0.830. The van der Waals surface area contributed by atoms with Crippen molar-refractivity contribution in [1.29, 1.82) is 0 Å². The molecular weight excluding hydrogens is 491 g/mol. The lowest BCUT2D eigenvalue weighted by Crippen LogP contribution is -2.18. The molecule has 0 aliphatic carbocycles. The third-order valence-electron chi connectivity index (χ3n) is 7.46. The van der Waals surface area contributed by atoms with Crippen LogP contribution >= 0.6 is 7.60 Å². The molecule has 0 aliphatic heterocycles. The van der Waals surface area contributed by atoms with Crippen molar-refractivity contribution in [3.05, 3.63) is 28.8 Å². The topological polar surface area (TPSA) is 66.8 Å². The van der Waals surface area contributed by atoms with Gasteiger partial charge in [-0.1, -0.05) is 157 Å². The van der Waals surface area contributed by atoms with E-state index in [9.17, 15) is 14.6 Å². The van der Waals surface area contributed by atoms with Crippen LogP contribution in [0.4, 0.5) is 0 Å². The molecule has 0 heterocycles. The summed E-state index contributed by atoms with van der Waals surface area (Å²) < 4.78 is 18.3. The Morgan fingerprint density at radius 2 is 1.00 bits per heavy atom. The molecule has 0 saturated heterocycles. The van der Waals surface area contributed by atoms with Crippen LogP contribution in [-0.4, -0.2) is 16.6 Å². The Balaban J connectivity index is 2.25. The van der Waals surface area contributed by atoms with E-state index in [1.807, 2.05) is 53.7 Å². The minimum absolute atomic E-state index is 0.0295. The summed E-state index contributed by atoms with van der Waals surface area (Å²) in [7, 11) is -3.75. The maximum absolute atomic E-state index is 12.8. The molecule has 2 N–H and O–H groups in total. The third kappa shape index (κ3) is 15.1. The second-order valence-electron chi connectivity index (χ2n) is 13.5. The molecule has 38 heavy (non-hydrogen) atoms. The molecule has 1 aromatic carbocycles. The van der Waals surface area contributed by atoms with Crippen LogP contribution in [0.15, 0.2) is 12.1 Å². The van der Waals surface area contributed by atoms with E-state index in [-0.39, 0.29) is 22.7 Å². The monoisotopic (exact) mass is 552 g/mol. The lowest BCUT2D eigenvalue weighted by atomic mass is 9.78. The molecule has 1 atom stereocenters. The zero-order valence-electron chi connectivity index (χ0n) is 26.0. The van der Waals surface area contributed by atoms with E-state index in [1.165, 1.54) is 89.9 Å². The van der Waals surface area contributed by atoms with Crippen LogP contribution < -0.4 is 0 Å². The molecule has 0 spiro atoms. The molecule has 222 valence electrons. The number of phenols is 1. The zero-order valence-corrected chi connectivity index (χ0v) is 26.9. The van der Waals surface area contributed by atoms with E-state index in [1.54, 1.807) is 0 Å². The quantitative estimate of drug-likeness (QED) is 0.125. The summed E-state index contributed by atoms with van der Waals surface area (Å²) in [5.74, 6) is 0.288. The summed E-state index contributed by atoms with van der Waals surface area (Å²) in [5, 5.41) is 10.9. The first kappa shape index (κ1) is 35.2. The van der Waals surface area contributed by atoms with Crippen LogP contribution in [0, 0.1) is 0 Å². The van der Waals surface area contributed by atoms with Crippen LogP contribution in [0.3, 0.4) is 0 Å². The van der Waals surface area contributed by atoms with E-state index >= 15 is 0 Å². The van der Waals surface area contributed by atoms with Gasteiger partial charge in [0.25, 0.3) is 0 Å². The first-order valence-electron chi connectivity index (χ1n) is 15.6. The number of hydrogen-bond donors (Lipinski definition) is 2. The summed E-state index contributed by atoms with van der Waals surface area (Å²) in [6.45, 7) is 14.9.